The highest BCUT2D eigenvalue weighted by molar-refractivity contribution is 7.80. The van der Waals surface area contributed by atoms with E-state index in [9.17, 15) is 0 Å². The van der Waals surface area contributed by atoms with E-state index in [0.717, 1.165) is 28.8 Å². The molecule has 2 nitrogen and oxygen atoms in total. The van der Waals surface area contributed by atoms with Crippen LogP contribution in [0.2, 0.25) is 5.02 Å². The highest BCUT2D eigenvalue weighted by Crippen LogP contribution is 2.16. The minimum atomic E-state index is 0.585. The van der Waals surface area contributed by atoms with E-state index in [0.29, 0.717) is 5.92 Å². The zero-order valence-electron chi connectivity index (χ0n) is 10.5. The molecule has 1 aromatic rings. The van der Waals surface area contributed by atoms with Gasteiger partial charge in [0, 0.05) is 25.2 Å². The van der Waals surface area contributed by atoms with E-state index in [1.54, 1.807) is 0 Å². The van der Waals surface area contributed by atoms with Crippen LogP contribution >= 0.6 is 23.8 Å². The second-order valence-corrected chi connectivity index (χ2v) is 5.32. The van der Waals surface area contributed by atoms with Crippen molar-refractivity contribution >= 4 is 28.9 Å². The van der Waals surface area contributed by atoms with Crippen LogP contribution in [0.4, 0.5) is 0 Å². The van der Waals surface area contributed by atoms with Gasteiger partial charge in [-0.1, -0.05) is 43.6 Å². The average Bonchev–Trinajstić information content (AvgIpc) is 2.28. The highest BCUT2D eigenvalue weighted by Gasteiger charge is 2.07. The summed E-state index contributed by atoms with van der Waals surface area (Å²) >= 11 is 11.4. The van der Waals surface area contributed by atoms with E-state index < -0.39 is 0 Å². The van der Waals surface area contributed by atoms with Crippen LogP contribution in [0.15, 0.2) is 24.3 Å². The van der Waals surface area contributed by atoms with Gasteiger partial charge in [0.2, 0.25) is 0 Å². The maximum Gasteiger partial charge on any atom is 0.168 e. The summed E-state index contributed by atoms with van der Waals surface area (Å²) in [6.45, 7) is 5.93. The Morgan fingerprint density at radius 2 is 2.06 bits per heavy atom. The summed E-state index contributed by atoms with van der Waals surface area (Å²) in [4.78, 5) is 2.00. The number of hydrogen-bond acceptors (Lipinski definition) is 1. The molecule has 0 aliphatic heterocycles. The fraction of sp³-hybridized carbons (Fsp3) is 0.462. The molecule has 17 heavy (non-hydrogen) atoms. The molecule has 1 rings (SSSR count). The third kappa shape index (κ3) is 4.92. The summed E-state index contributed by atoms with van der Waals surface area (Å²) < 4.78 is 0. The standard InChI is InChI=1S/C13H19ClN2S/c1-10(2)8-15-13(17)16(3)9-11-6-4-5-7-12(11)14/h4-7,10H,8-9H2,1-3H3,(H,15,17). The number of benzene rings is 1. The van der Waals surface area contributed by atoms with Crippen molar-refractivity contribution < 1.29 is 0 Å². The van der Waals surface area contributed by atoms with Gasteiger partial charge in [0.05, 0.1) is 0 Å². The Labute approximate surface area is 114 Å². The largest absolute Gasteiger partial charge is 0.362 e. The first-order valence-corrected chi connectivity index (χ1v) is 6.51. The van der Waals surface area contributed by atoms with Crippen LogP contribution in [-0.4, -0.2) is 23.6 Å². The van der Waals surface area contributed by atoms with E-state index in [2.05, 4.69) is 19.2 Å². The predicted molar refractivity (Wildman–Crippen MR) is 78.4 cm³/mol. The Kier molecular flexibility index (Phi) is 5.72. The summed E-state index contributed by atoms with van der Waals surface area (Å²) in [6, 6.07) is 7.83. The maximum absolute atomic E-state index is 6.11. The zero-order chi connectivity index (χ0) is 12.8. The van der Waals surface area contributed by atoms with Gasteiger partial charge in [-0.3, -0.25) is 0 Å². The number of hydrogen-bond donors (Lipinski definition) is 1. The Morgan fingerprint density at radius 3 is 2.65 bits per heavy atom. The van der Waals surface area contributed by atoms with Crippen molar-refractivity contribution in [3.63, 3.8) is 0 Å². The monoisotopic (exact) mass is 270 g/mol. The van der Waals surface area contributed by atoms with Gasteiger partial charge in [0.15, 0.2) is 5.11 Å². The van der Waals surface area contributed by atoms with Crippen molar-refractivity contribution in [1.82, 2.24) is 10.2 Å². The quantitative estimate of drug-likeness (QED) is 0.845. The lowest BCUT2D eigenvalue weighted by Crippen LogP contribution is -2.38. The summed E-state index contributed by atoms with van der Waals surface area (Å²) in [5.74, 6) is 0.585. The molecule has 1 aromatic carbocycles. The lowest BCUT2D eigenvalue weighted by molar-refractivity contribution is 0.480. The minimum Gasteiger partial charge on any atom is -0.362 e. The molecule has 0 atom stereocenters. The Balaban J connectivity index is 2.51. The van der Waals surface area contributed by atoms with Gasteiger partial charge in [-0.05, 0) is 29.8 Å². The van der Waals surface area contributed by atoms with Crippen molar-refractivity contribution in [2.45, 2.75) is 20.4 Å². The molecule has 0 aliphatic rings. The van der Waals surface area contributed by atoms with E-state index >= 15 is 0 Å². The smallest absolute Gasteiger partial charge is 0.168 e. The highest BCUT2D eigenvalue weighted by atomic mass is 35.5. The molecule has 0 saturated heterocycles. The first kappa shape index (κ1) is 14.3. The molecule has 0 heterocycles. The lowest BCUT2D eigenvalue weighted by Gasteiger charge is -2.22. The number of rotatable bonds is 4. The molecule has 0 saturated carbocycles. The van der Waals surface area contributed by atoms with Crippen LogP contribution in [0.3, 0.4) is 0 Å². The molecule has 0 aromatic heterocycles. The van der Waals surface area contributed by atoms with Gasteiger partial charge in [-0.25, -0.2) is 0 Å². The van der Waals surface area contributed by atoms with Gasteiger partial charge < -0.3 is 10.2 Å². The summed E-state index contributed by atoms with van der Waals surface area (Å²) in [5, 5.41) is 4.78. The fourth-order valence-corrected chi connectivity index (χ4v) is 1.72. The van der Waals surface area contributed by atoms with E-state index in [4.69, 9.17) is 23.8 Å². The number of nitrogens with zero attached hydrogens (tertiary/aromatic N) is 1. The zero-order valence-corrected chi connectivity index (χ0v) is 12.1. The molecular weight excluding hydrogens is 252 g/mol. The lowest BCUT2D eigenvalue weighted by atomic mass is 10.2. The van der Waals surface area contributed by atoms with Crippen LogP contribution in [-0.2, 0) is 6.54 Å². The van der Waals surface area contributed by atoms with Gasteiger partial charge in [0.25, 0.3) is 0 Å². The SMILES string of the molecule is CC(C)CNC(=S)N(C)Cc1ccccc1Cl. The maximum atomic E-state index is 6.11. The molecule has 0 bridgehead atoms. The topological polar surface area (TPSA) is 15.3 Å². The molecule has 4 heteroatoms. The second-order valence-electron chi connectivity index (χ2n) is 4.53. The molecule has 0 aliphatic carbocycles. The van der Waals surface area contributed by atoms with Crippen molar-refractivity contribution in [1.29, 1.82) is 0 Å². The molecule has 94 valence electrons. The summed E-state index contributed by atoms with van der Waals surface area (Å²) in [5.41, 5.74) is 1.09. The van der Waals surface area contributed by atoms with Crippen molar-refractivity contribution in [3.05, 3.63) is 34.9 Å². The number of thiocarbonyl (C=S) groups is 1. The third-order valence-electron chi connectivity index (χ3n) is 2.37. The molecule has 0 spiro atoms. The Morgan fingerprint density at radius 1 is 1.41 bits per heavy atom. The van der Waals surface area contributed by atoms with Crippen LogP contribution in [0, 0.1) is 5.92 Å². The number of halogens is 1. The van der Waals surface area contributed by atoms with Gasteiger partial charge >= 0.3 is 0 Å². The third-order valence-corrected chi connectivity index (χ3v) is 3.20. The molecule has 1 N–H and O–H groups in total. The summed E-state index contributed by atoms with van der Waals surface area (Å²) in [6.07, 6.45) is 0. The molecule has 0 fully saturated rings. The van der Waals surface area contributed by atoms with Gasteiger partial charge in [-0.15, -0.1) is 0 Å². The normalized spacial score (nSPS) is 10.4. The summed E-state index contributed by atoms with van der Waals surface area (Å²) in [7, 11) is 1.97. The number of nitrogens with one attached hydrogen (secondary N) is 1. The predicted octanol–water partition coefficient (Wildman–Crippen LogP) is 3.30. The van der Waals surface area contributed by atoms with Crippen LogP contribution in [0.25, 0.3) is 0 Å². The molecule has 0 amide bonds. The van der Waals surface area contributed by atoms with Crippen LogP contribution in [0.5, 0.6) is 0 Å². The van der Waals surface area contributed by atoms with E-state index in [1.807, 2.05) is 36.2 Å². The first-order chi connectivity index (χ1) is 8.00. The fourth-order valence-electron chi connectivity index (χ4n) is 1.38. The van der Waals surface area contributed by atoms with Crippen LogP contribution < -0.4 is 5.32 Å². The minimum absolute atomic E-state index is 0.585. The van der Waals surface area contributed by atoms with Crippen LogP contribution in [0.1, 0.15) is 19.4 Å². The average molecular weight is 271 g/mol. The van der Waals surface area contributed by atoms with Gasteiger partial charge in [0.1, 0.15) is 0 Å². The van der Waals surface area contributed by atoms with Gasteiger partial charge in [-0.2, -0.15) is 0 Å². The van der Waals surface area contributed by atoms with Crippen molar-refractivity contribution in [3.8, 4) is 0 Å². The van der Waals surface area contributed by atoms with E-state index in [1.165, 1.54) is 0 Å². The van der Waals surface area contributed by atoms with Crippen molar-refractivity contribution in [2.75, 3.05) is 13.6 Å². The molecule has 0 radical (unpaired) electrons. The Bertz CT molecular complexity index is 379. The Hall–Kier alpha value is -0.800. The molecule has 0 unspecified atom stereocenters. The van der Waals surface area contributed by atoms with Crippen molar-refractivity contribution in [2.24, 2.45) is 5.92 Å². The molecular formula is C13H19ClN2S. The first-order valence-electron chi connectivity index (χ1n) is 5.73. The second kappa shape index (κ2) is 6.82. The van der Waals surface area contributed by atoms with E-state index in [-0.39, 0.29) is 0 Å².